The van der Waals surface area contributed by atoms with E-state index in [1.54, 1.807) is 0 Å². The molecule has 1 aliphatic heterocycles. The van der Waals surface area contributed by atoms with E-state index in [1.165, 1.54) is 18.4 Å². The lowest BCUT2D eigenvalue weighted by molar-refractivity contribution is 0.0981. The van der Waals surface area contributed by atoms with Crippen molar-refractivity contribution < 1.29 is 9.47 Å². The van der Waals surface area contributed by atoms with E-state index in [9.17, 15) is 0 Å². The standard InChI is InChI=1S/C18H29NO2/c1-15(2)13-19-14-16-7-3-4-10-18(16)21-12-6-9-17-8-5-11-20-17/h3-4,7,10,15,17,19H,5-6,8-9,11-14H2,1-2H3. The highest BCUT2D eigenvalue weighted by Crippen LogP contribution is 2.20. The first-order chi connectivity index (χ1) is 10.3. The van der Waals surface area contributed by atoms with E-state index in [4.69, 9.17) is 9.47 Å². The number of ether oxygens (including phenoxy) is 2. The largest absolute Gasteiger partial charge is 0.493 e. The van der Waals surface area contributed by atoms with Crippen LogP contribution in [0.25, 0.3) is 0 Å². The van der Waals surface area contributed by atoms with Crippen LogP contribution in [0.2, 0.25) is 0 Å². The topological polar surface area (TPSA) is 30.5 Å². The fourth-order valence-corrected chi connectivity index (χ4v) is 2.65. The highest BCUT2D eigenvalue weighted by Gasteiger charge is 2.14. The van der Waals surface area contributed by atoms with Crippen molar-refractivity contribution in [2.24, 2.45) is 5.92 Å². The molecule has 3 heteroatoms. The van der Waals surface area contributed by atoms with Crippen molar-refractivity contribution in [2.75, 3.05) is 19.8 Å². The van der Waals surface area contributed by atoms with E-state index in [-0.39, 0.29) is 0 Å². The number of para-hydroxylation sites is 1. The average molecular weight is 291 g/mol. The molecular formula is C18H29NO2. The van der Waals surface area contributed by atoms with Gasteiger partial charge in [-0.1, -0.05) is 32.0 Å². The third-order valence-electron chi connectivity index (χ3n) is 3.79. The summed E-state index contributed by atoms with van der Waals surface area (Å²) in [6.07, 6.45) is 5.09. The molecule has 1 fully saturated rings. The fourth-order valence-electron chi connectivity index (χ4n) is 2.65. The Bertz CT molecular complexity index is 400. The van der Waals surface area contributed by atoms with Crippen molar-refractivity contribution in [3.8, 4) is 5.75 Å². The molecule has 2 rings (SSSR count). The van der Waals surface area contributed by atoms with Gasteiger partial charge in [-0.15, -0.1) is 0 Å². The molecule has 0 bridgehead atoms. The molecule has 3 nitrogen and oxygen atoms in total. The molecule has 1 atom stereocenters. The highest BCUT2D eigenvalue weighted by molar-refractivity contribution is 5.33. The van der Waals surface area contributed by atoms with Crippen LogP contribution < -0.4 is 10.1 Å². The maximum Gasteiger partial charge on any atom is 0.123 e. The molecule has 1 heterocycles. The average Bonchev–Trinajstić information content (AvgIpc) is 2.98. The van der Waals surface area contributed by atoms with Crippen molar-refractivity contribution in [1.29, 1.82) is 0 Å². The van der Waals surface area contributed by atoms with E-state index < -0.39 is 0 Å². The van der Waals surface area contributed by atoms with Gasteiger partial charge in [-0.25, -0.2) is 0 Å². The molecule has 0 saturated carbocycles. The second-order valence-corrected chi connectivity index (χ2v) is 6.26. The predicted octanol–water partition coefficient (Wildman–Crippen LogP) is 3.77. The molecule has 0 radical (unpaired) electrons. The second kappa shape index (κ2) is 9.06. The van der Waals surface area contributed by atoms with Gasteiger partial charge in [0.25, 0.3) is 0 Å². The Labute approximate surface area is 129 Å². The predicted molar refractivity (Wildman–Crippen MR) is 86.7 cm³/mol. The van der Waals surface area contributed by atoms with Gasteiger partial charge in [0, 0.05) is 18.7 Å². The first-order valence-electron chi connectivity index (χ1n) is 8.28. The van der Waals surface area contributed by atoms with Gasteiger partial charge in [0.05, 0.1) is 12.7 Å². The first-order valence-corrected chi connectivity index (χ1v) is 8.28. The number of hydrogen-bond acceptors (Lipinski definition) is 3. The third kappa shape index (κ3) is 6.06. The third-order valence-corrected chi connectivity index (χ3v) is 3.79. The molecule has 21 heavy (non-hydrogen) atoms. The summed E-state index contributed by atoms with van der Waals surface area (Å²) in [6.45, 7) is 8.07. The lowest BCUT2D eigenvalue weighted by Crippen LogP contribution is -2.19. The summed E-state index contributed by atoms with van der Waals surface area (Å²) in [4.78, 5) is 0. The van der Waals surface area contributed by atoms with Crippen LogP contribution in [0.4, 0.5) is 0 Å². The number of rotatable bonds is 9. The van der Waals surface area contributed by atoms with Crippen molar-refractivity contribution in [3.63, 3.8) is 0 Å². The van der Waals surface area contributed by atoms with Gasteiger partial charge in [0.1, 0.15) is 5.75 Å². The van der Waals surface area contributed by atoms with Crippen LogP contribution in [0.1, 0.15) is 45.1 Å². The molecule has 0 aromatic heterocycles. The molecular weight excluding hydrogens is 262 g/mol. The van der Waals surface area contributed by atoms with Gasteiger partial charge in [-0.05, 0) is 44.2 Å². The summed E-state index contributed by atoms with van der Waals surface area (Å²) < 4.78 is 11.6. The highest BCUT2D eigenvalue weighted by atomic mass is 16.5. The lowest BCUT2D eigenvalue weighted by Gasteiger charge is -2.14. The van der Waals surface area contributed by atoms with Crippen molar-refractivity contribution in [1.82, 2.24) is 5.32 Å². The molecule has 118 valence electrons. The normalized spacial score (nSPS) is 18.3. The van der Waals surface area contributed by atoms with Crippen LogP contribution in [0.3, 0.4) is 0 Å². The molecule has 1 aromatic rings. The van der Waals surface area contributed by atoms with E-state index in [0.29, 0.717) is 12.0 Å². The van der Waals surface area contributed by atoms with Crippen molar-refractivity contribution >= 4 is 0 Å². The zero-order valence-electron chi connectivity index (χ0n) is 13.4. The van der Waals surface area contributed by atoms with Crippen LogP contribution >= 0.6 is 0 Å². The summed E-state index contributed by atoms with van der Waals surface area (Å²) in [7, 11) is 0. The molecule has 0 spiro atoms. The van der Waals surface area contributed by atoms with E-state index in [1.807, 2.05) is 6.07 Å². The van der Waals surface area contributed by atoms with Gasteiger partial charge < -0.3 is 14.8 Å². The Balaban J connectivity index is 1.71. The van der Waals surface area contributed by atoms with E-state index in [2.05, 4.69) is 37.4 Å². The van der Waals surface area contributed by atoms with Gasteiger partial charge in [0.2, 0.25) is 0 Å². The Kier molecular flexibility index (Phi) is 7.04. The molecule has 1 unspecified atom stereocenters. The summed E-state index contributed by atoms with van der Waals surface area (Å²) in [5.74, 6) is 1.69. The SMILES string of the molecule is CC(C)CNCc1ccccc1OCCCC1CCCO1. The molecule has 0 aliphatic carbocycles. The monoisotopic (exact) mass is 291 g/mol. The van der Waals surface area contributed by atoms with Gasteiger partial charge in [-0.3, -0.25) is 0 Å². The number of benzene rings is 1. The Hall–Kier alpha value is -1.06. The van der Waals surface area contributed by atoms with Crippen LogP contribution in [0, 0.1) is 5.92 Å². The maximum atomic E-state index is 5.96. The minimum atomic E-state index is 0.469. The maximum absolute atomic E-state index is 5.96. The molecule has 1 saturated heterocycles. The summed E-state index contributed by atoms with van der Waals surface area (Å²) in [6, 6.07) is 8.33. The summed E-state index contributed by atoms with van der Waals surface area (Å²) in [5, 5.41) is 3.48. The van der Waals surface area contributed by atoms with Gasteiger partial charge in [-0.2, -0.15) is 0 Å². The fraction of sp³-hybridized carbons (Fsp3) is 0.667. The van der Waals surface area contributed by atoms with Gasteiger partial charge in [0.15, 0.2) is 0 Å². The molecule has 1 aliphatic rings. The van der Waals surface area contributed by atoms with E-state index >= 15 is 0 Å². The number of nitrogens with one attached hydrogen (secondary N) is 1. The van der Waals surface area contributed by atoms with E-state index in [0.717, 1.165) is 44.9 Å². The molecule has 0 amide bonds. The molecule has 1 N–H and O–H groups in total. The number of hydrogen-bond donors (Lipinski definition) is 1. The zero-order chi connectivity index (χ0) is 14.9. The summed E-state index contributed by atoms with van der Waals surface area (Å²) >= 11 is 0. The Morgan fingerprint density at radius 2 is 2.19 bits per heavy atom. The summed E-state index contributed by atoms with van der Waals surface area (Å²) in [5.41, 5.74) is 1.25. The minimum Gasteiger partial charge on any atom is -0.493 e. The quantitative estimate of drug-likeness (QED) is 0.703. The smallest absolute Gasteiger partial charge is 0.123 e. The van der Waals surface area contributed by atoms with Crippen molar-refractivity contribution in [2.45, 2.75) is 52.2 Å². The Morgan fingerprint density at radius 3 is 2.95 bits per heavy atom. The second-order valence-electron chi connectivity index (χ2n) is 6.26. The minimum absolute atomic E-state index is 0.469. The first kappa shape index (κ1) is 16.3. The van der Waals surface area contributed by atoms with Crippen LogP contribution in [0.15, 0.2) is 24.3 Å². The van der Waals surface area contributed by atoms with Gasteiger partial charge >= 0.3 is 0 Å². The van der Waals surface area contributed by atoms with Crippen LogP contribution in [-0.4, -0.2) is 25.9 Å². The van der Waals surface area contributed by atoms with Crippen molar-refractivity contribution in [3.05, 3.63) is 29.8 Å². The lowest BCUT2D eigenvalue weighted by atomic mass is 10.1. The Morgan fingerprint density at radius 1 is 1.33 bits per heavy atom. The molecule has 1 aromatic carbocycles. The van der Waals surface area contributed by atoms with Crippen LogP contribution in [0.5, 0.6) is 5.75 Å². The van der Waals surface area contributed by atoms with Crippen LogP contribution in [-0.2, 0) is 11.3 Å². The zero-order valence-corrected chi connectivity index (χ0v) is 13.4.